The van der Waals surface area contributed by atoms with Crippen LogP contribution in [-0.4, -0.2) is 28.6 Å². The van der Waals surface area contributed by atoms with Gasteiger partial charge in [0.2, 0.25) is 0 Å². The normalized spacial score (nSPS) is 15.3. The molecule has 1 aromatic heterocycles. The summed E-state index contributed by atoms with van der Waals surface area (Å²) >= 11 is 0. The third kappa shape index (κ3) is 2.84. The molecule has 21 heavy (non-hydrogen) atoms. The van der Waals surface area contributed by atoms with Crippen molar-refractivity contribution in [2.45, 2.75) is 38.6 Å². The highest BCUT2D eigenvalue weighted by molar-refractivity contribution is 5.93. The summed E-state index contributed by atoms with van der Waals surface area (Å²) in [7, 11) is 0. The molecule has 1 saturated carbocycles. The summed E-state index contributed by atoms with van der Waals surface area (Å²) in [5.74, 6) is 0.622. The van der Waals surface area contributed by atoms with Crippen molar-refractivity contribution in [3.05, 3.63) is 42.1 Å². The molecule has 1 aliphatic rings. The van der Waals surface area contributed by atoms with E-state index in [-0.39, 0.29) is 5.91 Å². The number of rotatable bonds is 4. The number of aromatic nitrogens is 1. The lowest BCUT2D eigenvalue weighted by molar-refractivity contribution is 0.0683. The van der Waals surface area contributed by atoms with Gasteiger partial charge in [-0.25, -0.2) is 0 Å². The van der Waals surface area contributed by atoms with E-state index in [1.54, 1.807) is 6.07 Å². The second-order valence-corrected chi connectivity index (χ2v) is 5.47. The van der Waals surface area contributed by atoms with Crippen LogP contribution in [0.3, 0.4) is 0 Å². The highest BCUT2D eigenvalue weighted by Gasteiger charge is 2.28. The predicted molar refractivity (Wildman–Crippen MR) is 80.9 cm³/mol. The fraction of sp³-hybridized carbons (Fsp3) is 0.412. The van der Waals surface area contributed by atoms with Crippen LogP contribution in [0.4, 0.5) is 0 Å². The molecule has 0 N–H and O–H groups in total. The van der Waals surface area contributed by atoms with Crippen molar-refractivity contribution in [3.8, 4) is 11.3 Å². The monoisotopic (exact) mass is 284 g/mol. The van der Waals surface area contributed by atoms with Gasteiger partial charge < -0.3 is 9.42 Å². The van der Waals surface area contributed by atoms with Crippen LogP contribution in [0.15, 0.2) is 40.9 Å². The van der Waals surface area contributed by atoms with Gasteiger partial charge >= 0.3 is 0 Å². The van der Waals surface area contributed by atoms with Crippen molar-refractivity contribution in [1.82, 2.24) is 10.1 Å². The number of amides is 1. The number of benzene rings is 1. The van der Waals surface area contributed by atoms with Crippen molar-refractivity contribution < 1.29 is 9.32 Å². The molecule has 3 rings (SSSR count). The van der Waals surface area contributed by atoms with E-state index in [2.05, 4.69) is 5.16 Å². The maximum absolute atomic E-state index is 12.6. The van der Waals surface area contributed by atoms with E-state index >= 15 is 0 Å². The molecule has 1 aliphatic carbocycles. The first kappa shape index (κ1) is 13.9. The quantitative estimate of drug-likeness (QED) is 0.859. The first-order chi connectivity index (χ1) is 10.3. The van der Waals surface area contributed by atoms with Crippen LogP contribution < -0.4 is 0 Å². The van der Waals surface area contributed by atoms with E-state index in [1.807, 2.05) is 42.2 Å². The van der Waals surface area contributed by atoms with Gasteiger partial charge in [0.05, 0.1) is 0 Å². The average Bonchev–Trinajstić information content (AvgIpc) is 3.20. The molecule has 1 amide bonds. The molecule has 4 heteroatoms. The molecule has 0 atom stereocenters. The molecular formula is C17H20N2O2. The van der Waals surface area contributed by atoms with E-state index in [1.165, 1.54) is 12.8 Å². The van der Waals surface area contributed by atoms with Crippen LogP contribution in [0, 0.1) is 0 Å². The molecule has 0 bridgehead atoms. The molecule has 0 saturated heterocycles. The fourth-order valence-electron chi connectivity index (χ4n) is 3.05. The zero-order valence-electron chi connectivity index (χ0n) is 12.3. The largest absolute Gasteiger partial charge is 0.355 e. The highest BCUT2D eigenvalue weighted by atomic mass is 16.5. The van der Waals surface area contributed by atoms with Gasteiger partial charge in [0.1, 0.15) is 0 Å². The van der Waals surface area contributed by atoms with Gasteiger partial charge in [0, 0.05) is 24.2 Å². The smallest absolute Gasteiger partial charge is 0.276 e. The lowest BCUT2D eigenvalue weighted by atomic mass is 10.1. The first-order valence-corrected chi connectivity index (χ1v) is 7.62. The predicted octanol–water partition coefficient (Wildman–Crippen LogP) is 3.75. The maximum Gasteiger partial charge on any atom is 0.276 e. The van der Waals surface area contributed by atoms with Crippen LogP contribution >= 0.6 is 0 Å². The van der Waals surface area contributed by atoms with Gasteiger partial charge in [-0.3, -0.25) is 4.79 Å². The Morgan fingerprint density at radius 1 is 1.29 bits per heavy atom. The number of nitrogens with zero attached hydrogens (tertiary/aromatic N) is 2. The van der Waals surface area contributed by atoms with Crippen molar-refractivity contribution in [1.29, 1.82) is 0 Å². The third-order valence-electron chi connectivity index (χ3n) is 4.15. The molecule has 0 aliphatic heterocycles. The minimum atomic E-state index is -0.0182. The SMILES string of the molecule is CCN(C(=O)c1cc(-c2ccccc2)on1)C1CCCC1. The molecular weight excluding hydrogens is 264 g/mol. The zero-order chi connectivity index (χ0) is 14.7. The second-order valence-electron chi connectivity index (χ2n) is 5.47. The Labute approximate surface area is 124 Å². The average molecular weight is 284 g/mol. The zero-order valence-corrected chi connectivity index (χ0v) is 12.3. The summed E-state index contributed by atoms with van der Waals surface area (Å²) in [5, 5.41) is 3.97. The van der Waals surface area contributed by atoms with Crippen LogP contribution in [0.5, 0.6) is 0 Å². The van der Waals surface area contributed by atoms with Gasteiger partial charge in [-0.15, -0.1) is 0 Å². The van der Waals surface area contributed by atoms with E-state index in [9.17, 15) is 4.79 Å². The lowest BCUT2D eigenvalue weighted by Gasteiger charge is -2.26. The molecule has 0 spiro atoms. The summed E-state index contributed by atoms with van der Waals surface area (Å²) in [5.41, 5.74) is 1.34. The standard InChI is InChI=1S/C17H20N2O2/c1-2-19(14-10-6-7-11-14)17(20)15-12-16(21-18-15)13-8-4-3-5-9-13/h3-5,8-9,12,14H,2,6-7,10-11H2,1H3. The van der Waals surface area contributed by atoms with Crippen LogP contribution in [0.25, 0.3) is 11.3 Å². The van der Waals surface area contributed by atoms with Crippen LogP contribution in [-0.2, 0) is 0 Å². The van der Waals surface area contributed by atoms with E-state index in [0.29, 0.717) is 17.5 Å². The van der Waals surface area contributed by atoms with Crippen molar-refractivity contribution in [3.63, 3.8) is 0 Å². The van der Waals surface area contributed by atoms with Crippen molar-refractivity contribution >= 4 is 5.91 Å². The van der Waals surface area contributed by atoms with Gasteiger partial charge in [0.15, 0.2) is 11.5 Å². The Balaban J connectivity index is 1.80. The Bertz CT molecular complexity index is 600. The highest BCUT2D eigenvalue weighted by Crippen LogP contribution is 2.26. The number of carbonyl (C=O) groups is 1. The molecule has 1 fully saturated rings. The van der Waals surface area contributed by atoms with Crippen molar-refractivity contribution in [2.75, 3.05) is 6.54 Å². The number of hydrogen-bond acceptors (Lipinski definition) is 3. The summed E-state index contributed by atoms with van der Waals surface area (Å²) in [4.78, 5) is 14.5. The van der Waals surface area contributed by atoms with E-state index in [4.69, 9.17) is 4.52 Å². The lowest BCUT2D eigenvalue weighted by Crippen LogP contribution is -2.38. The van der Waals surface area contributed by atoms with Crippen LogP contribution in [0.2, 0.25) is 0 Å². The molecule has 2 aromatic rings. The van der Waals surface area contributed by atoms with Gasteiger partial charge in [-0.1, -0.05) is 48.3 Å². The molecule has 1 heterocycles. The second kappa shape index (κ2) is 6.12. The Morgan fingerprint density at radius 3 is 2.67 bits per heavy atom. The first-order valence-electron chi connectivity index (χ1n) is 7.62. The summed E-state index contributed by atoms with van der Waals surface area (Å²) in [6.45, 7) is 2.74. The molecule has 0 unspecified atom stereocenters. The third-order valence-corrected chi connectivity index (χ3v) is 4.15. The Morgan fingerprint density at radius 2 is 2.00 bits per heavy atom. The molecule has 110 valence electrons. The van der Waals surface area contributed by atoms with Crippen LogP contribution in [0.1, 0.15) is 43.1 Å². The number of hydrogen-bond donors (Lipinski definition) is 0. The maximum atomic E-state index is 12.6. The molecule has 4 nitrogen and oxygen atoms in total. The minimum Gasteiger partial charge on any atom is -0.355 e. The fourth-order valence-corrected chi connectivity index (χ4v) is 3.05. The van der Waals surface area contributed by atoms with E-state index < -0.39 is 0 Å². The van der Waals surface area contributed by atoms with Gasteiger partial charge in [0.25, 0.3) is 5.91 Å². The van der Waals surface area contributed by atoms with E-state index in [0.717, 1.165) is 24.9 Å². The summed E-state index contributed by atoms with van der Waals surface area (Å²) < 4.78 is 5.33. The molecule has 0 radical (unpaired) electrons. The minimum absolute atomic E-state index is 0.0182. The van der Waals surface area contributed by atoms with Crippen molar-refractivity contribution in [2.24, 2.45) is 0 Å². The molecule has 1 aromatic carbocycles. The topological polar surface area (TPSA) is 46.3 Å². The summed E-state index contributed by atoms with van der Waals surface area (Å²) in [6, 6.07) is 11.8. The summed E-state index contributed by atoms with van der Waals surface area (Å²) in [6.07, 6.45) is 4.62. The number of carbonyl (C=O) groups excluding carboxylic acids is 1. The van der Waals surface area contributed by atoms with Gasteiger partial charge in [-0.2, -0.15) is 0 Å². The Hall–Kier alpha value is -2.10. The Kier molecular flexibility index (Phi) is 4.04. The van der Waals surface area contributed by atoms with Gasteiger partial charge in [-0.05, 0) is 19.8 Å².